The van der Waals surface area contributed by atoms with Gasteiger partial charge in [0.05, 0.1) is 0 Å². The average molecular weight is 116 g/mol. The Labute approximate surface area is 50.7 Å². The van der Waals surface area contributed by atoms with Crippen molar-refractivity contribution in [2.24, 2.45) is 0 Å². The van der Waals surface area contributed by atoms with Crippen LogP contribution in [0.3, 0.4) is 0 Å². The van der Waals surface area contributed by atoms with Crippen LogP contribution in [0.4, 0.5) is 0 Å². The van der Waals surface area contributed by atoms with Crippen LogP contribution in [0.25, 0.3) is 0 Å². The lowest BCUT2D eigenvalue weighted by atomic mass is 10.6. The summed E-state index contributed by atoms with van der Waals surface area (Å²) in [6.07, 6.45) is 2.15. The molecule has 1 heteroatoms. The van der Waals surface area contributed by atoms with Crippen LogP contribution in [-0.2, 0) is 0 Å². The highest BCUT2D eigenvalue weighted by Gasteiger charge is 1.89. The van der Waals surface area contributed by atoms with E-state index in [1.54, 1.807) is 0 Å². The molecule has 0 aromatic rings. The van der Waals surface area contributed by atoms with E-state index in [1.165, 1.54) is 0 Å². The molecule has 1 atom stereocenters. The van der Waals surface area contributed by atoms with Crippen LogP contribution in [0.1, 0.15) is 13.8 Å². The maximum absolute atomic E-state index is 3.82. The SMILES string of the molecule is [CH2]C(C)SC[CH]C. The van der Waals surface area contributed by atoms with Crippen molar-refractivity contribution in [3.63, 3.8) is 0 Å². The molecule has 42 valence electrons. The van der Waals surface area contributed by atoms with E-state index in [4.69, 9.17) is 0 Å². The summed E-state index contributed by atoms with van der Waals surface area (Å²) in [5.41, 5.74) is 0. The van der Waals surface area contributed by atoms with Crippen molar-refractivity contribution in [3.8, 4) is 0 Å². The van der Waals surface area contributed by atoms with Crippen molar-refractivity contribution in [2.45, 2.75) is 19.1 Å². The average Bonchev–Trinajstić information content (AvgIpc) is 1.61. The van der Waals surface area contributed by atoms with Gasteiger partial charge in [0.2, 0.25) is 0 Å². The predicted molar refractivity (Wildman–Crippen MR) is 37.3 cm³/mol. The second-order valence-electron chi connectivity index (χ2n) is 1.55. The molecule has 0 bridgehead atoms. The van der Waals surface area contributed by atoms with Gasteiger partial charge in [-0.15, -0.1) is 0 Å². The normalized spacial score (nSPS) is 10.3. The van der Waals surface area contributed by atoms with E-state index in [2.05, 4.69) is 27.2 Å². The highest BCUT2D eigenvalue weighted by Crippen LogP contribution is 2.07. The molecule has 0 rings (SSSR count). The molecule has 2 radical (unpaired) electrons. The molecule has 0 aliphatic heterocycles. The third-order valence-corrected chi connectivity index (χ3v) is 1.64. The van der Waals surface area contributed by atoms with Crippen LogP contribution in [0, 0.1) is 13.3 Å². The lowest BCUT2D eigenvalue weighted by Gasteiger charge is -1.98. The first-order valence-corrected chi connectivity index (χ1v) is 3.54. The zero-order valence-corrected chi connectivity index (χ0v) is 5.79. The second kappa shape index (κ2) is 4.51. The molecule has 0 spiro atoms. The van der Waals surface area contributed by atoms with Gasteiger partial charge in [0.15, 0.2) is 0 Å². The topological polar surface area (TPSA) is 0 Å². The van der Waals surface area contributed by atoms with Crippen LogP contribution in [0.2, 0.25) is 0 Å². The maximum atomic E-state index is 3.82. The lowest BCUT2D eigenvalue weighted by molar-refractivity contribution is 1.24. The molecule has 0 saturated heterocycles. The quantitative estimate of drug-likeness (QED) is 0.544. The molecule has 0 amide bonds. The van der Waals surface area contributed by atoms with Crippen molar-refractivity contribution in [1.82, 2.24) is 0 Å². The Morgan fingerprint density at radius 1 is 1.86 bits per heavy atom. The Hall–Kier alpha value is 0.350. The first-order valence-electron chi connectivity index (χ1n) is 2.50. The Balaban J connectivity index is 2.68. The number of rotatable bonds is 3. The molecule has 0 saturated carbocycles. The van der Waals surface area contributed by atoms with Crippen molar-refractivity contribution < 1.29 is 0 Å². The molecule has 0 aromatic heterocycles. The van der Waals surface area contributed by atoms with E-state index in [-0.39, 0.29) is 0 Å². The highest BCUT2D eigenvalue weighted by atomic mass is 32.2. The zero-order valence-electron chi connectivity index (χ0n) is 4.98. The monoisotopic (exact) mass is 116 g/mol. The number of thioether (sulfide) groups is 1. The van der Waals surface area contributed by atoms with E-state index in [0.717, 1.165) is 5.75 Å². The maximum Gasteiger partial charge on any atom is 0.00192 e. The van der Waals surface area contributed by atoms with Gasteiger partial charge < -0.3 is 0 Å². The molecular weight excluding hydrogens is 104 g/mol. The van der Waals surface area contributed by atoms with E-state index in [9.17, 15) is 0 Å². The van der Waals surface area contributed by atoms with Crippen LogP contribution in [0.15, 0.2) is 0 Å². The van der Waals surface area contributed by atoms with Crippen LogP contribution in [0.5, 0.6) is 0 Å². The lowest BCUT2D eigenvalue weighted by Crippen LogP contribution is -1.87. The van der Waals surface area contributed by atoms with Gasteiger partial charge in [-0.05, 0) is 19.1 Å². The minimum absolute atomic E-state index is 0.538. The second-order valence-corrected chi connectivity index (χ2v) is 3.02. The summed E-state index contributed by atoms with van der Waals surface area (Å²) >= 11 is 1.86. The predicted octanol–water partition coefficient (Wildman–Crippen LogP) is 2.17. The van der Waals surface area contributed by atoms with E-state index >= 15 is 0 Å². The van der Waals surface area contributed by atoms with Crippen molar-refractivity contribution in [2.75, 3.05) is 5.75 Å². The molecule has 0 aliphatic carbocycles. The molecular formula is C6H12S. The van der Waals surface area contributed by atoms with Crippen molar-refractivity contribution in [3.05, 3.63) is 13.3 Å². The fraction of sp³-hybridized carbons (Fsp3) is 0.667. The Morgan fingerprint density at radius 2 is 2.43 bits per heavy atom. The van der Waals surface area contributed by atoms with Crippen LogP contribution < -0.4 is 0 Å². The Bertz CT molecular complexity index is 33.2. The first kappa shape index (κ1) is 7.35. The molecule has 7 heavy (non-hydrogen) atoms. The smallest absolute Gasteiger partial charge is 0.00192 e. The summed E-state index contributed by atoms with van der Waals surface area (Å²) in [4.78, 5) is 0. The summed E-state index contributed by atoms with van der Waals surface area (Å²) < 4.78 is 0. The summed E-state index contributed by atoms with van der Waals surface area (Å²) in [6.45, 7) is 7.99. The van der Waals surface area contributed by atoms with Gasteiger partial charge in [0.25, 0.3) is 0 Å². The zero-order chi connectivity index (χ0) is 5.70. The molecule has 0 heterocycles. The van der Waals surface area contributed by atoms with Gasteiger partial charge >= 0.3 is 0 Å². The Kier molecular flexibility index (Phi) is 4.73. The van der Waals surface area contributed by atoms with Crippen molar-refractivity contribution in [1.29, 1.82) is 0 Å². The van der Waals surface area contributed by atoms with Gasteiger partial charge in [-0.2, -0.15) is 11.8 Å². The third kappa shape index (κ3) is 6.35. The summed E-state index contributed by atoms with van der Waals surface area (Å²) in [6, 6.07) is 0. The molecule has 1 unspecified atom stereocenters. The largest absolute Gasteiger partial charge is 0.159 e. The van der Waals surface area contributed by atoms with Gasteiger partial charge in [-0.25, -0.2) is 0 Å². The molecule has 0 aromatic carbocycles. The van der Waals surface area contributed by atoms with Gasteiger partial charge in [0, 0.05) is 5.25 Å². The fourth-order valence-electron chi connectivity index (χ4n) is 0.260. The molecule has 0 N–H and O–H groups in total. The molecule has 0 nitrogen and oxygen atoms in total. The summed E-state index contributed by atoms with van der Waals surface area (Å²) in [5.74, 6) is 1.13. The fourth-order valence-corrected chi connectivity index (χ4v) is 0.781. The van der Waals surface area contributed by atoms with Crippen LogP contribution in [-0.4, -0.2) is 11.0 Å². The van der Waals surface area contributed by atoms with Crippen LogP contribution >= 0.6 is 11.8 Å². The number of hydrogen-bond donors (Lipinski definition) is 0. The summed E-state index contributed by atoms with van der Waals surface area (Å²) in [7, 11) is 0. The van der Waals surface area contributed by atoms with E-state index in [1.807, 2.05) is 11.8 Å². The number of hydrogen-bond acceptors (Lipinski definition) is 1. The van der Waals surface area contributed by atoms with Gasteiger partial charge in [-0.1, -0.05) is 13.8 Å². The standard InChI is InChI=1S/C6H12S/c1-4-5-7-6(2)3/h4,6H,2,5H2,1,3H3. The molecule has 0 aliphatic rings. The summed E-state index contributed by atoms with van der Waals surface area (Å²) in [5, 5.41) is 0.538. The highest BCUT2D eigenvalue weighted by molar-refractivity contribution is 8.00. The van der Waals surface area contributed by atoms with E-state index in [0.29, 0.717) is 5.25 Å². The van der Waals surface area contributed by atoms with E-state index < -0.39 is 0 Å². The third-order valence-electron chi connectivity index (χ3n) is 0.547. The minimum Gasteiger partial charge on any atom is -0.159 e. The molecule has 0 fully saturated rings. The van der Waals surface area contributed by atoms with Gasteiger partial charge in [-0.3, -0.25) is 0 Å². The first-order chi connectivity index (χ1) is 3.27. The van der Waals surface area contributed by atoms with Crippen molar-refractivity contribution >= 4 is 11.8 Å². The Morgan fingerprint density at radius 3 is 2.57 bits per heavy atom. The minimum atomic E-state index is 0.538. The van der Waals surface area contributed by atoms with Gasteiger partial charge in [0.1, 0.15) is 0 Å².